The van der Waals surface area contributed by atoms with E-state index in [4.69, 9.17) is 0 Å². The zero-order valence-electron chi connectivity index (χ0n) is 6.57. The summed E-state index contributed by atoms with van der Waals surface area (Å²) in [6, 6.07) is 6.50. The third-order valence-corrected chi connectivity index (χ3v) is 1.99. The fourth-order valence-corrected chi connectivity index (χ4v) is 1.11. The van der Waals surface area contributed by atoms with Gasteiger partial charge in [0.25, 0.3) is 0 Å². The smallest absolute Gasteiger partial charge is 0.123 e. The van der Waals surface area contributed by atoms with E-state index in [-0.39, 0.29) is 10.1 Å². The lowest BCUT2D eigenvalue weighted by molar-refractivity contribution is 0.625. The maximum atomic E-state index is 12.5. The van der Waals surface area contributed by atoms with Crippen LogP contribution in [0, 0.1) is 5.82 Å². The van der Waals surface area contributed by atoms with Crippen LogP contribution in [0.5, 0.6) is 0 Å². The van der Waals surface area contributed by atoms with Gasteiger partial charge in [-0.3, -0.25) is 0 Å². The third kappa shape index (κ3) is 2.29. The van der Waals surface area contributed by atoms with Crippen molar-refractivity contribution in [1.82, 2.24) is 0 Å². The van der Waals surface area contributed by atoms with Crippen LogP contribution in [0.1, 0.15) is 19.4 Å². The van der Waals surface area contributed by atoms with Crippen LogP contribution < -0.4 is 0 Å². The first-order chi connectivity index (χ1) is 5.00. The predicted octanol–water partition coefficient (Wildman–Crippen LogP) is 3.46. The van der Waals surface area contributed by atoms with Gasteiger partial charge in [-0.15, -0.1) is 0 Å². The first kappa shape index (κ1) is 8.72. The molecule has 0 aliphatic heterocycles. The number of alkyl halides is 1. The highest BCUT2D eigenvalue weighted by molar-refractivity contribution is 9.09. The van der Waals surface area contributed by atoms with Gasteiger partial charge in [0.05, 0.1) is 0 Å². The average molecular weight is 217 g/mol. The van der Waals surface area contributed by atoms with Gasteiger partial charge in [-0.05, 0) is 31.5 Å². The molecule has 0 fully saturated rings. The molecule has 1 aromatic rings. The van der Waals surface area contributed by atoms with E-state index in [0.717, 1.165) is 5.56 Å². The van der Waals surface area contributed by atoms with Crippen LogP contribution in [-0.2, 0) is 4.32 Å². The SMILES string of the molecule is CC(C)(Br)c1ccc(F)cc1. The van der Waals surface area contributed by atoms with E-state index < -0.39 is 0 Å². The molecular weight excluding hydrogens is 207 g/mol. The maximum Gasteiger partial charge on any atom is 0.123 e. The second-order valence-corrected chi connectivity index (χ2v) is 4.96. The quantitative estimate of drug-likeness (QED) is 0.632. The molecule has 1 aromatic carbocycles. The van der Waals surface area contributed by atoms with Crippen LogP contribution >= 0.6 is 15.9 Å². The molecule has 0 radical (unpaired) electrons. The summed E-state index contributed by atoms with van der Waals surface area (Å²) in [7, 11) is 0. The minimum atomic E-state index is -0.189. The van der Waals surface area contributed by atoms with Crippen molar-refractivity contribution in [3.8, 4) is 0 Å². The van der Waals surface area contributed by atoms with Gasteiger partial charge in [0.1, 0.15) is 5.82 Å². The normalized spacial score (nSPS) is 11.6. The molecule has 0 amide bonds. The molecule has 2 heteroatoms. The monoisotopic (exact) mass is 216 g/mol. The molecule has 0 aliphatic rings. The van der Waals surface area contributed by atoms with E-state index in [1.807, 2.05) is 13.8 Å². The molecule has 0 atom stereocenters. The van der Waals surface area contributed by atoms with Crippen molar-refractivity contribution in [1.29, 1.82) is 0 Å². The molecule has 0 nitrogen and oxygen atoms in total. The lowest BCUT2D eigenvalue weighted by Gasteiger charge is -2.15. The summed E-state index contributed by atoms with van der Waals surface area (Å²) in [5, 5.41) is 0. The van der Waals surface area contributed by atoms with Crippen LogP contribution in [0.2, 0.25) is 0 Å². The highest BCUT2D eigenvalue weighted by Crippen LogP contribution is 2.29. The molecular formula is C9H10BrF. The van der Waals surface area contributed by atoms with Crippen LogP contribution in [0.3, 0.4) is 0 Å². The molecule has 0 spiro atoms. The number of rotatable bonds is 1. The van der Waals surface area contributed by atoms with E-state index in [1.54, 1.807) is 12.1 Å². The highest BCUT2D eigenvalue weighted by Gasteiger charge is 2.14. The zero-order valence-corrected chi connectivity index (χ0v) is 8.15. The molecule has 0 aliphatic carbocycles. The highest BCUT2D eigenvalue weighted by atomic mass is 79.9. The average Bonchev–Trinajstić information content (AvgIpc) is 1.86. The maximum absolute atomic E-state index is 12.5. The van der Waals surface area contributed by atoms with Crippen molar-refractivity contribution >= 4 is 15.9 Å². The van der Waals surface area contributed by atoms with Gasteiger partial charge >= 0.3 is 0 Å². The Morgan fingerprint density at radius 2 is 1.64 bits per heavy atom. The molecule has 0 bridgehead atoms. The van der Waals surface area contributed by atoms with E-state index >= 15 is 0 Å². The van der Waals surface area contributed by atoms with Gasteiger partial charge in [-0.1, -0.05) is 28.1 Å². The standard InChI is InChI=1S/C9H10BrF/c1-9(2,10)7-3-5-8(11)6-4-7/h3-6H,1-2H3. The van der Waals surface area contributed by atoms with Crippen molar-refractivity contribution < 1.29 is 4.39 Å². The molecule has 0 N–H and O–H groups in total. The van der Waals surface area contributed by atoms with Crippen LogP contribution in [0.15, 0.2) is 24.3 Å². The van der Waals surface area contributed by atoms with E-state index in [1.165, 1.54) is 12.1 Å². The predicted molar refractivity (Wildman–Crippen MR) is 48.4 cm³/mol. The van der Waals surface area contributed by atoms with Crippen molar-refractivity contribution in [2.45, 2.75) is 18.2 Å². The minimum Gasteiger partial charge on any atom is -0.207 e. The second-order valence-electron chi connectivity index (χ2n) is 2.98. The molecule has 1 rings (SSSR count). The van der Waals surface area contributed by atoms with E-state index in [0.29, 0.717) is 0 Å². The Bertz CT molecular complexity index is 233. The third-order valence-electron chi connectivity index (χ3n) is 1.53. The number of hydrogen-bond donors (Lipinski definition) is 0. The second kappa shape index (κ2) is 2.94. The summed E-state index contributed by atoms with van der Waals surface area (Å²) in [5.74, 6) is -0.189. The fourth-order valence-electron chi connectivity index (χ4n) is 0.846. The minimum absolute atomic E-state index is 0.0688. The van der Waals surface area contributed by atoms with Crippen LogP contribution in [0.4, 0.5) is 4.39 Å². The van der Waals surface area contributed by atoms with Crippen molar-refractivity contribution in [3.63, 3.8) is 0 Å². The summed E-state index contributed by atoms with van der Waals surface area (Å²) >= 11 is 3.49. The summed E-state index contributed by atoms with van der Waals surface area (Å²) in [6.07, 6.45) is 0. The first-order valence-corrected chi connectivity index (χ1v) is 4.24. The lowest BCUT2D eigenvalue weighted by atomic mass is 10.0. The molecule has 0 saturated heterocycles. The van der Waals surface area contributed by atoms with Gasteiger partial charge in [-0.2, -0.15) is 0 Å². The Kier molecular flexibility index (Phi) is 2.33. The van der Waals surface area contributed by atoms with Gasteiger partial charge in [0, 0.05) is 4.32 Å². The van der Waals surface area contributed by atoms with E-state index in [2.05, 4.69) is 15.9 Å². The Hall–Kier alpha value is -0.370. The Morgan fingerprint density at radius 1 is 1.18 bits per heavy atom. The fraction of sp³-hybridized carbons (Fsp3) is 0.333. The molecule has 11 heavy (non-hydrogen) atoms. The number of hydrogen-bond acceptors (Lipinski definition) is 0. The van der Waals surface area contributed by atoms with Crippen LogP contribution in [-0.4, -0.2) is 0 Å². The Balaban J connectivity index is 2.99. The van der Waals surface area contributed by atoms with Gasteiger partial charge in [-0.25, -0.2) is 4.39 Å². The largest absolute Gasteiger partial charge is 0.207 e. The molecule has 60 valence electrons. The van der Waals surface area contributed by atoms with Gasteiger partial charge < -0.3 is 0 Å². The van der Waals surface area contributed by atoms with Gasteiger partial charge in [0.15, 0.2) is 0 Å². The summed E-state index contributed by atoms with van der Waals surface area (Å²) in [6.45, 7) is 4.06. The summed E-state index contributed by atoms with van der Waals surface area (Å²) in [4.78, 5) is 0. The molecule has 0 heterocycles. The van der Waals surface area contributed by atoms with Crippen molar-refractivity contribution in [2.75, 3.05) is 0 Å². The number of benzene rings is 1. The van der Waals surface area contributed by atoms with Gasteiger partial charge in [0.2, 0.25) is 0 Å². The molecule has 0 saturated carbocycles. The summed E-state index contributed by atoms with van der Waals surface area (Å²) in [5.41, 5.74) is 1.08. The Morgan fingerprint density at radius 3 is 2.00 bits per heavy atom. The van der Waals surface area contributed by atoms with Crippen molar-refractivity contribution in [2.24, 2.45) is 0 Å². The zero-order chi connectivity index (χ0) is 8.48. The van der Waals surface area contributed by atoms with Crippen LogP contribution in [0.25, 0.3) is 0 Å². The van der Waals surface area contributed by atoms with Crippen molar-refractivity contribution in [3.05, 3.63) is 35.6 Å². The topological polar surface area (TPSA) is 0 Å². The first-order valence-electron chi connectivity index (χ1n) is 3.45. The summed E-state index contributed by atoms with van der Waals surface area (Å²) < 4.78 is 12.4. The Labute approximate surface area is 74.6 Å². The lowest BCUT2D eigenvalue weighted by Crippen LogP contribution is -2.05. The molecule has 0 unspecified atom stereocenters. The molecule has 0 aromatic heterocycles. The van der Waals surface area contributed by atoms with E-state index in [9.17, 15) is 4.39 Å². The number of halogens is 2.